The van der Waals surface area contributed by atoms with Crippen molar-refractivity contribution < 1.29 is 9.13 Å². The maximum absolute atomic E-state index is 14.5. The summed E-state index contributed by atoms with van der Waals surface area (Å²) in [5.74, 6) is 0.899. The molecule has 0 saturated carbocycles. The summed E-state index contributed by atoms with van der Waals surface area (Å²) in [7, 11) is 3.44. The predicted molar refractivity (Wildman–Crippen MR) is 65.5 cm³/mol. The number of imidazole rings is 1. The van der Waals surface area contributed by atoms with E-state index in [1.807, 2.05) is 17.8 Å². The van der Waals surface area contributed by atoms with Crippen LogP contribution >= 0.6 is 0 Å². The number of halogens is 1. The van der Waals surface area contributed by atoms with Crippen LogP contribution < -0.4 is 5.73 Å². The lowest BCUT2D eigenvalue weighted by atomic mass is 9.94. The summed E-state index contributed by atoms with van der Waals surface area (Å²) in [5.41, 5.74) is 4.13. The molecule has 5 heteroatoms. The fraction of sp³-hybridized carbons (Fsp3) is 0.750. The van der Waals surface area contributed by atoms with Crippen molar-refractivity contribution >= 4 is 0 Å². The van der Waals surface area contributed by atoms with Crippen LogP contribution in [0.3, 0.4) is 0 Å². The van der Waals surface area contributed by atoms with Crippen molar-refractivity contribution in [2.45, 2.75) is 31.4 Å². The van der Waals surface area contributed by atoms with Gasteiger partial charge in [0.25, 0.3) is 0 Å². The van der Waals surface area contributed by atoms with Gasteiger partial charge in [-0.05, 0) is 25.8 Å². The number of hydrogen-bond donors (Lipinski definition) is 1. The van der Waals surface area contributed by atoms with Crippen LogP contribution in [0.1, 0.15) is 25.1 Å². The third-order valence-corrected chi connectivity index (χ3v) is 2.95. The Balaban J connectivity index is 2.51. The van der Waals surface area contributed by atoms with E-state index in [0.717, 1.165) is 5.82 Å². The Hall–Kier alpha value is -0.940. The third-order valence-electron chi connectivity index (χ3n) is 2.95. The molecule has 4 nitrogen and oxygen atoms in total. The Morgan fingerprint density at radius 2 is 2.29 bits per heavy atom. The molecule has 0 aliphatic carbocycles. The summed E-state index contributed by atoms with van der Waals surface area (Å²) >= 11 is 0. The van der Waals surface area contributed by atoms with Crippen molar-refractivity contribution in [3.63, 3.8) is 0 Å². The summed E-state index contributed by atoms with van der Waals surface area (Å²) in [6.07, 6.45) is 5.76. The third kappa shape index (κ3) is 4.44. The molecule has 0 amide bonds. The first-order valence-corrected chi connectivity index (χ1v) is 5.95. The number of aromatic nitrogens is 2. The highest BCUT2D eigenvalue weighted by Crippen LogP contribution is 2.24. The quantitative estimate of drug-likeness (QED) is 0.751. The van der Waals surface area contributed by atoms with E-state index < -0.39 is 5.67 Å². The second-order valence-corrected chi connectivity index (χ2v) is 4.43. The Morgan fingerprint density at radius 1 is 1.53 bits per heavy atom. The molecule has 1 unspecified atom stereocenters. The van der Waals surface area contributed by atoms with Gasteiger partial charge in [-0.1, -0.05) is 0 Å². The smallest absolute Gasteiger partial charge is 0.134 e. The van der Waals surface area contributed by atoms with E-state index in [4.69, 9.17) is 10.5 Å². The molecule has 0 radical (unpaired) electrons. The zero-order chi connectivity index (χ0) is 12.7. The molecule has 0 fully saturated rings. The van der Waals surface area contributed by atoms with Crippen LogP contribution in [0.5, 0.6) is 0 Å². The van der Waals surface area contributed by atoms with E-state index in [0.29, 0.717) is 32.2 Å². The average molecular weight is 243 g/mol. The van der Waals surface area contributed by atoms with Crippen LogP contribution in [0.25, 0.3) is 0 Å². The monoisotopic (exact) mass is 243 g/mol. The lowest BCUT2D eigenvalue weighted by Gasteiger charge is -2.24. The predicted octanol–water partition coefficient (Wildman–Crippen LogP) is 1.45. The molecule has 1 heterocycles. The second kappa shape index (κ2) is 6.71. The lowest BCUT2D eigenvalue weighted by molar-refractivity contribution is 0.0265. The highest BCUT2D eigenvalue weighted by atomic mass is 19.1. The maximum Gasteiger partial charge on any atom is 0.134 e. The average Bonchev–Trinajstić information content (AvgIpc) is 2.70. The van der Waals surface area contributed by atoms with Crippen LogP contribution in [0.2, 0.25) is 0 Å². The largest absolute Gasteiger partial charge is 0.381 e. The molecule has 1 aromatic rings. The van der Waals surface area contributed by atoms with Crippen LogP contribution in [0.4, 0.5) is 4.39 Å². The van der Waals surface area contributed by atoms with Crippen LogP contribution in [0.15, 0.2) is 12.4 Å². The summed E-state index contributed by atoms with van der Waals surface area (Å²) in [5, 5.41) is 0. The maximum atomic E-state index is 14.5. The minimum atomic E-state index is -1.29. The SMILES string of the molecule is COCC(F)(CCCN)CCc1nccn1C. The van der Waals surface area contributed by atoms with E-state index in [-0.39, 0.29) is 6.61 Å². The van der Waals surface area contributed by atoms with Crippen LogP contribution in [0, 0.1) is 0 Å². The highest BCUT2D eigenvalue weighted by Gasteiger charge is 2.29. The van der Waals surface area contributed by atoms with Crippen molar-refractivity contribution in [2.75, 3.05) is 20.3 Å². The Bertz CT molecular complexity index is 329. The first-order chi connectivity index (χ1) is 8.11. The minimum Gasteiger partial charge on any atom is -0.381 e. The van der Waals surface area contributed by atoms with E-state index in [1.54, 1.807) is 6.20 Å². The molecular formula is C12H22FN3O. The molecule has 0 bridgehead atoms. The van der Waals surface area contributed by atoms with Crippen molar-refractivity contribution in [1.82, 2.24) is 9.55 Å². The van der Waals surface area contributed by atoms with Gasteiger partial charge >= 0.3 is 0 Å². The Kier molecular flexibility index (Phi) is 5.58. The number of methoxy groups -OCH3 is 1. The van der Waals surface area contributed by atoms with Gasteiger partial charge in [-0.2, -0.15) is 0 Å². The Labute approximate surface area is 102 Å². The van der Waals surface area contributed by atoms with E-state index in [2.05, 4.69) is 4.98 Å². The standard InChI is InChI=1S/C12H22FN3O/c1-16-9-8-15-11(16)4-6-12(13,10-17-2)5-3-7-14/h8-9H,3-7,10,14H2,1-2H3. The van der Waals surface area contributed by atoms with Crippen LogP contribution in [-0.4, -0.2) is 35.5 Å². The summed E-state index contributed by atoms with van der Waals surface area (Å²) in [6.45, 7) is 0.634. The molecule has 1 rings (SSSR count). The van der Waals surface area contributed by atoms with Gasteiger partial charge in [0, 0.05) is 33.0 Å². The summed E-state index contributed by atoms with van der Waals surface area (Å²) in [4.78, 5) is 4.19. The van der Waals surface area contributed by atoms with Gasteiger partial charge in [0.05, 0.1) is 6.61 Å². The lowest BCUT2D eigenvalue weighted by Crippen LogP contribution is -2.31. The number of nitrogens with zero attached hydrogens (tertiary/aromatic N) is 2. The van der Waals surface area contributed by atoms with Crippen molar-refractivity contribution in [3.05, 3.63) is 18.2 Å². The number of ether oxygens (including phenoxy) is 1. The van der Waals surface area contributed by atoms with Gasteiger partial charge in [-0.25, -0.2) is 9.37 Å². The highest BCUT2D eigenvalue weighted by molar-refractivity contribution is 4.94. The van der Waals surface area contributed by atoms with Gasteiger partial charge in [0.15, 0.2) is 0 Å². The van der Waals surface area contributed by atoms with Gasteiger partial charge in [0.1, 0.15) is 11.5 Å². The van der Waals surface area contributed by atoms with Gasteiger partial charge < -0.3 is 15.0 Å². The van der Waals surface area contributed by atoms with Gasteiger partial charge in [0.2, 0.25) is 0 Å². The van der Waals surface area contributed by atoms with E-state index in [1.165, 1.54) is 7.11 Å². The number of hydrogen-bond acceptors (Lipinski definition) is 3. The molecule has 0 spiro atoms. The molecular weight excluding hydrogens is 221 g/mol. The fourth-order valence-electron chi connectivity index (χ4n) is 1.92. The van der Waals surface area contributed by atoms with E-state index >= 15 is 0 Å². The number of aryl methyl sites for hydroxylation is 2. The van der Waals surface area contributed by atoms with Gasteiger partial charge in [-0.15, -0.1) is 0 Å². The van der Waals surface area contributed by atoms with Crippen molar-refractivity contribution in [1.29, 1.82) is 0 Å². The molecule has 0 aromatic carbocycles. The second-order valence-electron chi connectivity index (χ2n) is 4.43. The Morgan fingerprint density at radius 3 is 2.82 bits per heavy atom. The first-order valence-electron chi connectivity index (χ1n) is 5.95. The minimum absolute atomic E-state index is 0.122. The molecule has 0 aliphatic heterocycles. The zero-order valence-corrected chi connectivity index (χ0v) is 10.7. The molecule has 0 saturated heterocycles. The van der Waals surface area contributed by atoms with Crippen molar-refractivity contribution in [2.24, 2.45) is 12.8 Å². The molecule has 98 valence electrons. The normalized spacial score (nSPS) is 14.8. The van der Waals surface area contributed by atoms with Crippen molar-refractivity contribution in [3.8, 4) is 0 Å². The first kappa shape index (κ1) is 14.1. The number of rotatable bonds is 8. The summed E-state index contributed by atoms with van der Waals surface area (Å²) in [6, 6.07) is 0. The molecule has 17 heavy (non-hydrogen) atoms. The molecule has 0 aliphatic rings. The van der Waals surface area contributed by atoms with E-state index in [9.17, 15) is 4.39 Å². The fourth-order valence-corrected chi connectivity index (χ4v) is 1.92. The zero-order valence-electron chi connectivity index (χ0n) is 10.7. The summed E-state index contributed by atoms with van der Waals surface area (Å²) < 4.78 is 21.4. The van der Waals surface area contributed by atoms with Crippen LogP contribution in [-0.2, 0) is 18.2 Å². The number of alkyl halides is 1. The number of nitrogens with two attached hydrogens (primary N) is 1. The van der Waals surface area contributed by atoms with Gasteiger partial charge in [-0.3, -0.25) is 0 Å². The molecule has 2 N–H and O–H groups in total. The molecule has 1 atom stereocenters. The molecule has 1 aromatic heterocycles. The topological polar surface area (TPSA) is 53.1 Å².